The van der Waals surface area contributed by atoms with Gasteiger partial charge in [-0.3, -0.25) is 10.3 Å². The van der Waals surface area contributed by atoms with Crippen molar-refractivity contribution < 1.29 is 0 Å². The minimum absolute atomic E-state index is 0.868. The maximum Gasteiger partial charge on any atom is 0.196 e. The highest BCUT2D eigenvalue weighted by molar-refractivity contribution is 5.88. The SMILES string of the molecule is [C]1N=C(CCc2ccccc2)CN1. The Morgan fingerprint density at radius 1 is 1.23 bits per heavy atom. The van der Waals surface area contributed by atoms with E-state index in [2.05, 4.69) is 41.2 Å². The summed E-state index contributed by atoms with van der Waals surface area (Å²) in [5, 5.41) is 2.95. The average molecular weight is 172 g/mol. The molecule has 2 radical (unpaired) electrons. The van der Waals surface area contributed by atoms with Gasteiger partial charge in [-0.2, -0.15) is 0 Å². The van der Waals surface area contributed by atoms with E-state index in [1.807, 2.05) is 6.07 Å². The average Bonchev–Trinajstić information content (AvgIpc) is 2.69. The lowest BCUT2D eigenvalue weighted by Gasteiger charge is -1.99. The molecule has 1 aliphatic rings. The van der Waals surface area contributed by atoms with Gasteiger partial charge < -0.3 is 0 Å². The van der Waals surface area contributed by atoms with E-state index in [0.717, 1.165) is 19.4 Å². The molecule has 0 bridgehead atoms. The highest BCUT2D eigenvalue weighted by Gasteiger charge is 2.05. The number of aryl methyl sites for hydroxylation is 1. The summed E-state index contributed by atoms with van der Waals surface area (Å²) in [6, 6.07) is 10.5. The van der Waals surface area contributed by atoms with Gasteiger partial charge in [0.1, 0.15) is 0 Å². The molecule has 1 heterocycles. The molecule has 2 heteroatoms. The predicted molar refractivity (Wildman–Crippen MR) is 53.4 cm³/mol. The lowest BCUT2D eigenvalue weighted by atomic mass is 10.1. The van der Waals surface area contributed by atoms with E-state index in [9.17, 15) is 0 Å². The Hall–Kier alpha value is -1.15. The maximum atomic E-state index is 4.11. The zero-order valence-corrected chi connectivity index (χ0v) is 7.46. The van der Waals surface area contributed by atoms with Crippen molar-refractivity contribution in [3.05, 3.63) is 42.6 Å². The third kappa shape index (κ3) is 2.39. The second-order valence-corrected chi connectivity index (χ2v) is 3.13. The normalized spacial score (nSPS) is 15.8. The summed E-state index contributed by atoms with van der Waals surface area (Å²) >= 11 is 0. The lowest BCUT2D eigenvalue weighted by molar-refractivity contribution is 0.949. The molecule has 0 amide bonds. The Bertz CT molecular complexity index is 290. The highest BCUT2D eigenvalue weighted by Crippen LogP contribution is 2.05. The molecule has 0 saturated heterocycles. The van der Waals surface area contributed by atoms with Gasteiger partial charge in [0.15, 0.2) is 6.67 Å². The van der Waals surface area contributed by atoms with E-state index in [0.29, 0.717) is 0 Å². The number of rotatable bonds is 3. The first kappa shape index (κ1) is 8.45. The van der Waals surface area contributed by atoms with Crippen LogP contribution in [0.1, 0.15) is 12.0 Å². The quantitative estimate of drug-likeness (QED) is 0.736. The summed E-state index contributed by atoms with van der Waals surface area (Å²) in [6.07, 6.45) is 2.10. The number of aliphatic imine (C=N–C) groups is 1. The summed E-state index contributed by atoms with van der Waals surface area (Å²) in [5.74, 6) is 0. The zero-order chi connectivity index (χ0) is 8.93. The first-order valence-corrected chi connectivity index (χ1v) is 4.52. The van der Waals surface area contributed by atoms with Crippen LogP contribution in [0.15, 0.2) is 35.3 Å². The number of benzene rings is 1. The number of hydrogen-bond acceptors (Lipinski definition) is 2. The van der Waals surface area contributed by atoms with E-state index in [4.69, 9.17) is 0 Å². The van der Waals surface area contributed by atoms with Crippen molar-refractivity contribution in [3.63, 3.8) is 0 Å². The smallest absolute Gasteiger partial charge is 0.196 e. The second kappa shape index (κ2) is 4.19. The van der Waals surface area contributed by atoms with Crippen molar-refractivity contribution in [1.29, 1.82) is 0 Å². The molecule has 0 fully saturated rings. The third-order valence-corrected chi connectivity index (χ3v) is 2.13. The Morgan fingerprint density at radius 2 is 2.08 bits per heavy atom. The van der Waals surface area contributed by atoms with Crippen molar-refractivity contribution in [1.82, 2.24) is 5.32 Å². The van der Waals surface area contributed by atoms with Crippen LogP contribution in [0.5, 0.6) is 0 Å². The van der Waals surface area contributed by atoms with Crippen molar-refractivity contribution in [3.8, 4) is 0 Å². The van der Waals surface area contributed by atoms with Crippen LogP contribution in [0.25, 0.3) is 0 Å². The van der Waals surface area contributed by atoms with Crippen LogP contribution in [-0.2, 0) is 6.42 Å². The summed E-state index contributed by atoms with van der Waals surface area (Å²) < 4.78 is 0. The van der Waals surface area contributed by atoms with Gasteiger partial charge in [0, 0.05) is 12.3 Å². The molecule has 0 spiro atoms. The molecule has 1 N–H and O–H groups in total. The van der Waals surface area contributed by atoms with Gasteiger partial charge in [0.2, 0.25) is 0 Å². The Labute approximate surface area is 78.7 Å². The Kier molecular flexibility index (Phi) is 2.72. The summed E-state index contributed by atoms with van der Waals surface area (Å²) in [7, 11) is 0. The summed E-state index contributed by atoms with van der Waals surface area (Å²) in [6.45, 7) is 3.61. The van der Waals surface area contributed by atoms with Crippen LogP contribution in [0.4, 0.5) is 0 Å². The van der Waals surface area contributed by atoms with Crippen LogP contribution in [0, 0.1) is 6.67 Å². The summed E-state index contributed by atoms with van der Waals surface area (Å²) in [5.41, 5.74) is 2.57. The van der Waals surface area contributed by atoms with E-state index in [-0.39, 0.29) is 0 Å². The molecule has 0 aliphatic carbocycles. The zero-order valence-electron chi connectivity index (χ0n) is 7.46. The van der Waals surface area contributed by atoms with Crippen molar-refractivity contribution >= 4 is 5.71 Å². The molecule has 13 heavy (non-hydrogen) atoms. The van der Waals surface area contributed by atoms with Crippen LogP contribution in [0.3, 0.4) is 0 Å². The minimum Gasteiger partial charge on any atom is -0.281 e. The summed E-state index contributed by atoms with van der Waals surface area (Å²) in [4.78, 5) is 4.11. The molecule has 1 aromatic rings. The standard InChI is InChI=1S/C11H12N2/c1-2-4-10(5-3-1)6-7-11-8-12-9-13-11/h1-5,12H,6-8H2. The first-order valence-electron chi connectivity index (χ1n) is 4.52. The maximum absolute atomic E-state index is 4.11. The fraction of sp³-hybridized carbons (Fsp3) is 0.273. The fourth-order valence-corrected chi connectivity index (χ4v) is 1.38. The fourth-order valence-electron chi connectivity index (χ4n) is 1.38. The van der Waals surface area contributed by atoms with Crippen LogP contribution < -0.4 is 5.32 Å². The van der Waals surface area contributed by atoms with Gasteiger partial charge in [0.25, 0.3) is 0 Å². The lowest BCUT2D eigenvalue weighted by Crippen LogP contribution is -2.11. The monoisotopic (exact) mass is 172 g/mol. The van der Waals surface area contributed by atoms with Crippen molar-refractivity contribution in [2.75, 3.05) is 6.54 Å². The molecule has 2 nitrogen and oxygen atoms in total. The highest BCUT2D eigenvalue weighted by atomic mass is 15.1. The second-order valence-electron chi connectivity index (χ2n) is 3.13. The minimum atomic E-state index is 0.868. The molecular weight excluding hydrogens is 160 g/mol. The molecule has 0 aromatic heterocycles. The van der Waals surface area contributed by atoms with Gasteiger partial charge in [0.05, 0.1) is 0 Å². The largest absolute Gasteiger partial charge is 0.281 e. The van der Waals surface area contributed by atoms with Crippen LogP contribution >= 0.6 is 0 Å². The number of hydrogen-bond donors (Lipinski definition) is 1. The molecule has 0 unspecified atom stereocenters. The van der Waals surface area contributed by atoms with E-state index < -0.39 is 0 Å². The van der Waals surface area contributed by atoms with Gasteiger partial charge >= 0.3 is 0 Å². The van der Waals surface area contributed by atoms with Gasteiger partial charge in [-0.1, -0.05) is 30.3 Å². The van der Waals surface area contributed by atoms with Gasteiger partial charge in [-0.15, -0.1) is 0 Å². The van der Waals surface area contributed by atoms with Crippen molar-refractivity contribution in [2.45, 2.75) is 12.8 Å². The molecule has 0 saturated carbocycles. The molecule has 1 aliphatic heterocycles. The molecule has 0 atom stereocenters. The van der Waals surface area contributed by atoms with Gasteiger partial charge in [-0.25, -0.2) is 0 Å². The van der Waals surface area contributed by atoms with E-state index in [1.54, 1.807) is 0 Å². The molecule has 2 rings (SSSR count). The van der Waals surface area contributed by atoms with E-state index in [1.165, 1.54) is 11.3 Å². The number of nitrogens with zero attached hydrogens (tertiary/aromatic N) is 1. The number of nitrogens with one attached hydrogen (secondary N) is 1. The van der Waals surface area contributed by atoms with Crippen LogP contribution in [0.2, 0.25) is 0 Å². The molecular formula is C11H12N2. The Morgan fingerprint density at radius 3 is 2.77 bits per heavy atom. The third-order valence-electron chi connectivity index (χ3n) is 2.13. The Balaban J connectivity index is 1.86. The molecule has 66 valence electrons. The van der Waals surface area contributed by atoms with Crippen molar-refractivity contribution in [2.24, 2.45) is 4.99 Å². The molecule has 1 aromatic carbocycles. The predicted octanol–water partition coefficient (Wildman–Crippen LogP) is 1.66. The topological polar surface area (TPSA) is 24.4 Å². The van der Waals surface area contributed by atoms with Crippen LogP contribution in [-0.4, -0.2) is 12.3 Å². The first-order chi connectivity index (χ1) is 6.45. The van der Waals surface area contributed by atoms with Gasteiger partial charge in [-0.05, 0) is 18.4 Å². The van der Waals surface area contributed by atoms with E-state index >= 15 is 0 Å².